The SMILES string of the molecule is Cc1ccc(N=C2S/C(=C\c3ccc(O)c(O)c3)C(=O)N2C)c(O)c1. The van der Waals surface area contributed by atoms with Gasteiger partial charge in [-0.1, -0.05) is 12.1 Å². The zero-order valence-corrected chi connectivity index (χ0v) is 14.4. The Morgan fingerprint density at radius 1 is 1.04 bits per heavy atom. The highest BCUT2D eigenvalue weighted by Crippen LogP contribution is 2.36. The van der Waals surface area contributed by atoms with Gasteiger partial charge < -0.3 is 15.3 Å². The smallest absolute Gasteiger partial charge is 0.266 e. The van der Waals surface area contributed by atoms with E-state index in [9.17, 15) is 20.1 Å². The van der Waals surface area contributed by atoms with Crippen molar-refractivity contribution in [2.45, 2.75) is 6.92 Å². The second kappa shape index (κ2) is 6.52. The Morgan fingerprint density at radius 2 is 1.80 bits per heavy atom. The lowest BCUT2D eigenvalue weighted by Gasteiger charge is -2.08. The van der Waals surface area contributed by atoms with E-state index < -0.39 is 0 Å². The van der Waals surface area contributed by atoms with Crippen molar-refractivity contribution >= 4 is 34.6 Å². The third kappa shape index (κ3) is 3.46. The molecule has 0 unspecified atom stereocenters. The minimum Gasteiger partial charge on any atom is -0.506 e. The van der Waals surface area contributed by atoms with Crippen LogP contribution in [0.25, 0.3) is 6.08 Å². The van der Waals surface area contributed by atoms with Gasteiger partial charge in [0.2, 0.25) is 0 Å². The van der Waals surface area contributed by atoms with Gasteiger partial charge in [-0.05, 0) is 60.2 Å². The van der Waals surface area contributed by atoms with Crippen LogP contribution in [0.15, 0.2) is 46.3 Å². The van der Waals surface area contributed by atoms with E-state index in [0.29, 0.717) is 21.3 Å². The number of aromatic hydroxyl groups is 3. The van der Waals surface area contributed by atoms with Crippen LogP contribution in [0.5, 0.6) is 17.2 Å². The van der Waals surface area contributed by atoms with Gasteiger partial charge in [0, 0.05) is 7.05 Å². The fourth-order valence-corrected chi connectivity index (χ4v) is 3.24. The minimum absolute atomic E-state index is 0.0508. The highest BCUT2D eigenvalue weighted by Gasteiger charge is 2.30. The summed E-state index contributed by atoms with van der Waals surface area (Å²) in [5, 5.41) is 29.3. The number of phenolic OH excluding ortho intramolecular Hbond substituents is 3. The molecule has 1 heterocycles. The number of carbonyl (C=O) groups excluding carboxylic acids is 1. The van der Waals surface area contributed by atoms with Gasteiger partial charge in [0.05, 0.1) is 4.91 Å². The van der Waals surface area contributed by atoms with Gasteiger partial charge in [-0.15, -0.1) is 0 Å². The summed E-state index contributed by atoms with van der Waals surface area (Å²) in [6, 6.07) is 9.45. The number of likely N-dealkylation sites (N-methyl/N-ethyl adjacent to an activating group) is 1. The van der Waals surface area contributed by atoms with E-state index in [-0.39, 0.29) is 23.2 Å². The topological polar surface area (TPSA) is 93.4 Å². The van der Waals surface area contributed by atoms with Crippen molar-refractivity contribution in [2.75, 3.05) is 7.05 Å². The fourth-order valence-electron chi connectivity index (χ4n) is 2.26. The number of thioether (sulfide) groups is 1. The molecule has 1 aliphatic heterocycles. The molecule has 2 aromatic rings. The number of carbonyl (C=O) groups is 1. The number of hydrogen-bond acceptors (Lipinski definition) is 6. The van der Waals surface area contributed by atoms with Gasteiger partial charge in [-0.3, -0.25) is 9.69 Å². The molecule has 0 radical (unpaired) electrons. The van der Waals surface area contributed by atoms with Crippen LogP contribution in [0.3, 0.4) is 0 Å². The summed E-state index contributed by atoms with van der Waals surface area (Å²) < 4.78 is 0. The zero-order chi connectivity index (χ0) is 18.1. The van der Waals surface area contributed by atoms with Crippen LogP contribution in [0.4, 0.5) is 5.69 Å². The molecule has 0 atom stereocenters. The third-order valence-electron chi connectivity index (χ3n) is 3.65. The maximum absolute atomic E-state index is 12.4. The Labute approximate surface area is 148 Å². The van der Waals surface area contributed by atoms with Gasteiger partial charge in [-0.25, -0.2) is 4.99 Å². The van der Waals surface area contributed by atoms with Crippen LogP contribution in [0.2, 0.25) is 0 Å². The van der Waals surface area contributed by atoms with Gasteiger partial charge in [-0.2, -0.15) is 0 Å². The van der Waals surface area contributed by atoms with E-state index in [2.05, 4.69) is 4.99 Å². The van der Waals surface area contributed by atoms with Crippen molar-refractivity contribution in [3.8, 4) is 17.2 Å². The molecule has 3 N–H and O–H groups in total. The van der Waals surface area contributed by atoms with E-state index >= 15 is 0 Å². The lowest BCUT2D eigenvalue weighted by Crippen LogP contribution is -2.23. The molecule has 2 aromatic carbocycles. The summed E-state index contributed by atoms with van der Waals surface area (Å²) in [7, 11) is 1.61. The second-order valence-electron chi connectivity index (χ2n) is 5.61. The first kappa shape index (κ1) is 16.9. The Kier molecular flexibility index (Phi) is 4.41. The number of aliphatic imine (C=N–C) groups is 1. The maximum atomic E-state index is 12.4. The quantitative estimate of drug-likeness (QED) is 0.567. The Morgan fingerprint density at radius 3 is 2.48 bits per heavy atom. The first-order valence-electron chi connectivity index (χ1n) is 7.43. The van der Waals surface area contributed by atoms with E-state index in [1.165, 1.54) is 28.8 Å². The summed E-state index contributed by atoms with van der Waals surface area (Å²) in [4.78, 5) is 18.6. The highest BCUT2D eigenvalue weighted by molar-refractivity contribution is 8.18. The molecule has 1 amide bonds. The summed E-state index contributed by atoms with van der Waals surface area (Å²) >= 11 is 1.17. The number of phenols is 3. The van der Waals surface area contributed by atoms with E-state index in [4.69, 9.17) is 0 Å². The summed E-state index contributed by atoms with van der Waals surface area (Å²) in [5.74, 6) is -0.656. The van der Waals surface area contributed by atoms with Crippen molar-refractivity contribution in [2.24, 2.45) is 4.99 Å². The molecular formula is C18H16N2O4S. The summed E-state index contributed by atoms with van der Waals surface area (Å²) in [6.07, 6.45) is 1.61. The number of aryl methyl sites for hydroxylation is 1. The molecule has 0 aliphatic carbocycles. The largest absolute Gasteiger partial charge is 0.506 e. The molecule has 0 bridgehead atoms. The molecule has 25 heavy (non-hydrogen) atoms. The van der Waals surface area contributed by atoms with Gasteiger partial charge in [0.15, 0.2) is 16.7 Å². The Hall–Kier alpha value is -2.93. The third-order valence-corrected chi connectivity index (χ3v) is 4.71. The molecule has 128 valence electrons. The molecule has 3 rings (SSSR count). The average molecular weight is 356 g/mol. The molecule has 0 spiro atoms. The van der Waals surface area contributed by atoms with E-state index in [1.807, 2.05) is 13.0 Å². The monoisotopic (exact) mass is 356 g/mol. The summed E-state index contributed by atoms with van der Waals surface area (Å²) in [5.41, 5.74) is 1.88. The first-order valence-corrected chi connectivity index (χ1v) is 8.24. The van der Waals surface area contributed by atoms with Crippen molar-refractivity contribution in [1.29, 1.82) is 0 Å². The molecule has 6 nitrogen and oxygen atoms in total. The molecule has 1 saturated heterocycles. The van der Waals surface area contributed by atoms with Crippen LogP contribution in [-0.2, 0) is 4.79 Å². The lowest BCUT2D eigenvalue weighted by atomic mass is 10.2. The molecule has 1 aliphatic rings. The number of hydrogen-bond donors (Lipinski definition) is 3. The normalized spacial score (nSPS) is 17.7. The number of amides is 1. The molecule has 7 heteroatoms. The van der Waals surface area contributed by atoms with E-state index in [0.717, 1.165) is 5.56 Å². The van der Waals surface area contributed by atoms with Crippen LogP contribution >= 0.6 is 11.8 Å². The van der Waals surface area contributed by atoms with Crippen LogP contribution in [-0.4, -0.2) is 38.3 Å². The molecule has 0 saturated carbocycles. The predicted octanol–water partition coefficient (Wildman–Crippen LogP) is 3.35. The van der Waals surface area contributed by atoms with Crippen molar-refractivity contribution in [3.05, 3.63) is 52.4 Å². The van der Waals surface area contributed by atoms with Crippen molar-refractivity contribution in [1.82, 2.24) is 4.90 Å². The van der Waals surface area contributed by atoms with Crippen LogP contribution in [0.1, 0.15) is 11.1 Å². The molecule has 1 fully saturated rings. The lowest BCUT2D eigenvalue weighted by molar-refractivity contribution is -0.121. The number of amidine groups is 1. The van der Waals surface area contributed by atoms with Crippen LogP contribution < -0.4 is 0 Å². The molecular weight excluding hydrogens is 340 g/mol. The average Bonchev–Trinajstić information content (AvgIpc) is 2.82. The number of nitrogens with zero attached hydrogens (tertiary/aromatic N) is 2. The fraction of sp³-hybridized carbons (Fsp3) is 0.111. The number of rotatable bonds is 2. The van der Waals surface area contributed by atoms with Gasteiger partial charge >= 0.3 is 0 Å². The molecule has 0 aromatic heterocycles. The van der Waals surface area contributed by atoms with Crippen LogP contribution in [0, 0.1) is 6.92 Å². The van der Waals surface area contributed by atoms with Gasteiger partial charge in [0.25, 0.3) is 5.91 Å². The van der Waals surface area contributed by atoms with Crippen molar-refractivity contribution < 1.29 is 20.1 Å². The Balaban J connectivity index is 1.92. The standard InChI is InChI=1S/C18H16N2O4S/c1-10-3-5-12(14(22)7-10)19-18-20(2)17(24)16(25-18)9-11-4-6-13(21)15(23)8-11/h3-9,21-23H,1-2H3/b16-9-,19-18?. The Bertz CT molecular complexity index is 921. The van der Waals surface area contributed by atoms with Gasteiger partial charge in [0.1, 0.15) is 11.4 Å². The maximum Gasteiger partial charge on any atom is 0.266 e. The summed E-state index contributed by atoms with van der Waals surface area (Å²) in [6.45, 7) is 1.87. The second-order valence-corrected chi connectivity index (χ2v) is 6.62. The predicted molar refractivity (Wildman–Crippen MR) is 98.0 cm³/mol. The highest BCUT2D eigenvalue weighted by atomic mass is 32.2. The van der Waals surface area contributed by atoms with E-state index in [1.54, 1.807) is 31.3 Å². The minimum atomic E-state index is -0.253. The zero-order valence-electron chi connectivity index (χ0n) is 13.6. The number of benzene rings is 2. The first-order chi connectivity index (χ1) is 11.8. The van der Waals surface area contributed by atoms with Crippen molar-refractivity contribution in [3.63, 3.8) is 0 Å².